The summed E-state index contributed by atoms with van der Waals surface area (Å²) in [7, 11) is 3.17. The number of aromatic amines is 1. The number of fused-ring (bicyclic) bond motifs is 1. The second kappa shape index (κ2) is 10.5. The third-order valence-electron chi connectivity index (χ3n) is 6.85. The standard InChI is InChI=1S/C27H34N6O3/c1-7-27(3,4)33-25(29-30-31-33)24(32(8-2)17-18-12-10-9-11-13-18)20-14-19-15-22(35-5)23(36-6)16-21(19)28-26(20)34/h9-16,24H,7-8,17H2,1-6H3,(H,28,34). The van der Waals surface area contributed by atoms with E-state index >= 15 is 0 Å². The number of nitrogens with one attached hydrogen (secondary N) is 1. The van der Waals surface area contributed by atoms with Gasteiger partial charge < -0.3 is 14.5 Å². The van der Waals surface area contributed by atoms with Gasteiger partial charge in [0.05, 0.1) is 25.3 Å². The summed E-state index contributed by atoms with van der Waals surface area (Å²) in [6.07, 6.45) is 0.827. The number of H-pyrrole nitrogens is 1. The number of hydrogen-bond acceptors (Lipinski definition) is 7. The lowest BCUT2D eigenvalue weighted by Crippen LogP contribution is -2.38. The number of nitrogens with zero attached hydrogens (tertiary/aromatic N) is 5. The van der Waals surface area contributed by atoms with Crippen molar-refractivity contribution in [1.29, 1.82) is 0 Å². The lowest BCUT2D eigenvalue weighted by Gasteiger charge is -2.33. The van der Waals surface area contributed by atoms with Gasteiger partial charge in [0.25, 0.3) is 5.56 Å². The molecule has 4 rings (SSSR count). The largest absolute Gasteiger partial charge is 0.493 e. The van der Waals surface area contributed by atoms with E-state index in [1.54, 1.807) is 20.3 Å². The predicted molar refractivity (Wildman–Crippen MR) is 139 cm³/mol. The molecule has 2 heterocycles. The highest BCUT2D eigenvalue weighted by atomic mass is 16.5. The summed E-state index contributed by atoms with van der Waals surface area (Å²) in [5.41, 5.74) is 1.84. The van der Waals surface area contributed by atoms with Crippen molar-refractivity contribution in [1.82, 2.24) is 30.1 Å². The molecule has 0 aliphatic carbocycles. The minimum absolute atomic E-state index is 0.199. The molecule has 0 amide bonds. The quantitative estimate of drug-likeness (QED) is 0.354. The van der Waals surface area contributed by atoms with Gasteiger partial charge in [-0.15, -0.1) is 5.10 Å². The summed E-state index contributed by atoms with van der Waals surface area (Å²) >= 11 is 0. The highest BCUT2D eigenvalue weighted by Crippen LogP contribution is 2.34. The Morgan fingerprint density at radius 2 is 1.75 bits per heavy atom. The summed E-state index contributed by atoms with van der Waals surface area (Å²) in [6.45, 7) is 9.69. The zero-order valence-corrected chi connectivity index (χ0v) is 21.8. The molecule has 2 aromatic heterocycles. The lowest BCUT2D eigenvalue weighted by atomic mass is 9.98. The van der Waals surface area contributed by atoms with Crippen molar-refractivity contribution < 1.29 is 9.47 Å². The Labute approximate surface area is 211 Å². The fourth-order valence-electron chi connectivity index (χ4n) is 4.40. The minimum Gasteiger partial charge on any atom is -0.493 e. The second-order valence-electron chi connectivity index (χ2n) is 9.41. The fourth-order valence-corrected chi connectivity index (χ4v) is 4.40. The van der Waals surface area contributed by atoms with Crippen LogP contribution in [0.2, 0.25) is 0 Å². The van der Waals surface area contributed by atoms with Gasteiger partial charge in [-0.1, -0.05) is 44.2 Å². The van der Waals surface area contributed by atoms with Crippen LogP contribution < -0.4 is 15.0 Å². The Morgan fingerprint density at radius 3 is 2.39 bits per heavy atom. The molecule has 190 valence electrons. The average Bonchev–Trinajstić information content (AvgIpc) is 3.39. The molecule has 1 unspecified atom stereocenters. The Hall–Kier alpha value is -3.72. The van der Waals surface area contributed by atoms with E-state index in [0.717, 1.165) is 17.4 Å². The van der Waals surface area contributed by atoms with E-state index in [4.69, 9.17) is 9.47 Å². The molecular weight excluding hydrogens is 456 g/mol. The van der Waals surface area contributed by atoms with E-state index in [0.29, 0.717) is 41.5 Å². The van der Waals surface area contributed by atoms with Crippen LogP contribution in [-0.4, -0.2) is 50.9 Å². The zero-order chi connectivity index (χ0) is 25.9. The van der Waals surface area contributed by atoms with Gasteiger partial charge >= 0.3 is 0 Å². The van der Waals surface area contributed by atoms with Gasteiger partial charge in [-0.25, -0.2) is 4.68 Å². The molecular formula is C27H34N6O3. The lowest BCUT2D eigenvalue weighted by molar-refractivity contribution is 0.197. The first kappa shape index (κ1) is 25.4. The number of methoxy groups -OCH3 is 2. The monoisotopic (exact) mass is 490 g/mol. The predicted octanol–water partition coefficient (Wildman–Crippen LogP) is 4.29. The maximum Gasteiger partial charge on any atom is 0.253 e. The van der Waals surface area contributed by atoms with E-state index in [-0.39, 0.29) is 11.1 Å². The fraction of sp³-hybridized carbons (Fsp3) is 0.407. The number of tetrazole rings is 1. The van der Waals surface area contributed by atoms with Crippen molar-refractivity contribution in [2.75, 3.05) is 20.8 Å². The van der Waals surface area contributed by atoms with Gasteiger partial charge in [-0.05, 0) is 54.9 Å². The SMILES string of the molecule is CCN(Cc1ccccc1)C(c1cc2cc(OC)c(OC)cc2[nH]c1=O)c1nnnn1C(C)(C)CC. The van der Waals surface area contributed by atoms with Crippen LogP contribution in [-0.2, 0) is 12.1 Å². The molecule has 1 N–H and O–H groups in total. The van der Waals surface area contributed by atoms with Gasteiger partial charge in [0, 0.05) is 23.6 Å². The number of pyridine rings is 1. The van der Waals surface area contributed by atoms with Crippen LogP contribution in [0, 0.1) is 0 Å². The molecule has 1 atom stereocenters. The van der Waals surface area contributed by atoms with Crippen LogP contribution in [0.1, 0.15) is 57.1 Å². The third kappa shape index (κ3) is 4.83. The van der Waals surface area contributed by atoms with Crippen LogP contribution >= 0.6 is 0 Å². The van der Waals surface area contributed by atoms with Crippen molar-refractivity contribution in [3.05, 3.63) is 75.8 Å². The summed E-state index contributed by atoms with van der Waals surface area (Å²) in [4.78, 5) is 18.9. The summed E-state index contributed by atoms with van der Waals surface area (Å²) in [5, 5.41) is 13.7. The van der Waals surface area contributed by atoms with Crippen molar-refractivity contribution >= 4 is 10.9 Å². The van der Waals surface area contributed by atoms with Gasteiger partial charge in [-0.2, -0.15) is 0 Å². The highest BCUT2D eigenvalue weighted by molar-refractivity contribution is 5.83. The number of benzene rings is 2. The van der Waals surface area contributed by atoms with E-state index < -0.39 is 6.04 Å². The highest BCUT2D eigenvalue weighted by Gasteiger charge is 2.34. The van der Waals surface area contributed by atoms with E-state index in [9.17, 15) is 4.79 Å². The Balaban J connectivity index is 1.94. The van der Waals surface area contributed by atoms with Gasteiger partial charge in [-0.3, -0.25) is 9.69 Å². The van der Waals surface area contributed by atoms with Crippen LogP contribution in [0.15, 0.2) is 53.3 Å². The molecule has 0 aliphatic heterocycles. The zero-order valence-electron chi connectivity index (χ0n) is 21.8. The molecule has 0 aliphatic rings. The third-order valence-corrected chi connectivity index (χ3v) is 6.85. The molecule has 0 fully saturated rings. The molecule has 2 aromatic carbocycles. The topological polar surface area (TPSA) is 98.2 Å². The second-order valence-corrected chi connectivity index (χ2v) is 9.41. The molecule has 4 aromatic rings. The smallest absolute Gasteiger partial charge is 0.253 e. The van der Waals surface area contributed by atoms with Gasteiger partial charge in [0.1, 0.15) is 6.04 Å². The van der Waals surface area contributed by atoms with Crippen molar-refractivity contribution in [3.8, 4) is 11.5 Å². The van der Waals surface area contributed by atoms with Crippen LogP contribution in [0.5, 0.6) is 11.5 Å². The Kier molecular flexibility index (Phi) is 7.40. The minimum atomic E-state index is -0.475. The Morgan fingerprint density at radius 1 is 1.06 bits per heavy atom. The maximum absolute atomic E-state index is 13.6. The molecule has 0 bridgehead atoms. The van der Waals surface area contributed by atoms with Gasteiger partial charge in [0.15, 0.2) is 17.3 Å². The molecule has 0 radical (unpaired) electrons. The first-order valence-electron chi connectivity index (χ1n) is 12.2. The first-order valence-corrected chi connectivity index (χ1v) is 12.2. The van der Waals surface area contributed by atoms with Crippen LogP contribution in [0.3, 0.4) is 0 Å². The molecule has 0 saturated carbocycles. The van der Waals surface area contributed by atoms with Gasteiger partial charge in [0.2, 0.25) is 0 Å². The van der Waals surface area contributed by atoms with Crippen LogP contribution in [0.4, 0.5) is 0 Å². The Bertz CT molecular complexity index is 1380. The number of hydrogen-bond donors (Lipinski definition) is 1. The molecule has 9 heteroatoms. The summed E-state index contributed by atoms with van der Waals surface area (Å²) < 4.78 is 12.8. The van der Waals surface area contributed by atoms with E-state index in [2.05, 4.69) is 65.2 Å². The van der Waals surface area contributed by atoms with Crippen LogP contribution in [0.25, 0.3) is 10.9 Å². The summed E-state index contributed by atoms with van der Waals surface area (Å²) in [5.74, 6) is 1.77. The summed E-state index contributed by atoms with van der Waals surface area (Å²) in [6, 6.07) is 15.3. The molecule has 0 spiro atoms. The normalized spacial score (nSPS) is 12.8. The van der Waals surface area contributed by atoms with Crippen molar-refractivity contribution in [3.63, 3.8) is 0 Å². The molecule has 36 heavy (non-hydrogen) atoms. The van der Waals surface area contributed by atoms with E-state index in [1.807, 2.05) is 35.0 Å². The average molecular weight is 491 g/mol. The number of rotatable bonds is 10. The maximum atomic E-state index is 13.6. The number of ether oxygens (including phenoxy) is 2. The molecule has 9 nitrogen and oxygen atoms in total. The van der Waals surface area contributed by atoms with Crippen molar-refractivity contribution in [2.45, 2.75) is 52.2 Å². The molecule has 0 saturated heterocycles. The van der Waals surface area contributed by atoms with E-state index in [1.165, 1.54) is 0 Å². The van der Waals surface area contributed by atoms with Crippen molar-refractivity contribution in [2.24, 2.45) is 0 Å². The first-order chi connectivity index (χ1) is 17.3. The number of aromatic nitrogens is 5.